The number of anilines is 1. The molecule has 0 saturated carbocycles. The number of sulfone groups is 1. The topological polar surface area (TPSA) is 105 Å². The van der Waals surface area contributed by atoms with Gasteiger partial charge in [-0.1, -0.05) is 0 Å². The normalized spacial score (nSPS) is 21.3. The van der Waals surface area contributed by atoms with Crippen LogP contribution >= 0.6 is 0 Å². The van der Waals surface area contributed by atoms with Crippen LogP contribution in [0.15, 0.2) is 23.2 Å². The lowest BCUT2D eigenvalue weighted by atomic mass is 10.2. The molecule has 1 aliphatic rings. The van der Waals surface area contributed by atoms with Crippen molar-refractivity contribution in [2.24, 2.45) is 0 Å². The number of rotatable bonds is 6. The Labute approximate surface area is 125 Å². The lowest BCUT2D eigenvalue weighted by Crippen LogP contribution is -2.34. The fourth-order valence-corrected chi connectivity index (χ4v) is 5.19. The van der Waals surface area contributed by atoms with E-state index in [-0.39, 0.29) is 17.2 Å². The van der Waals surface area contributed by atoms with Crippen molar-refractivity contribution >= 4 is 25.7 Å². The predicted octanol–water partition coefficient (Wildman–Crippen LogP) is 0.369. The van der Waals surface area contributed by atoms with Crippen LogP contribution in [0.2, 0.25) is 0 Å². The maximum absolute atomic E-state index is 12.2. The Morgan fingerprint density at radius 2 is 2.19 bits per heavy atom. The van der Waals surface area contributed by atoms with Crippen molar-refractivity contribution in [3.05, 3.63) is 18.3 Å². The fourth-order valence-electron chi connectivity index (χ4n) is 2.23. The second kappa shape index (κ2) is 6.29. The number of sulfonamides is 1. The van der Waals surface area contributed by atoms with Gasteiger partial charge in [0.05, 0.1) is 15.9 Å². The summed E-state index contributed by atoms with van der Waals surface area (Å²) in [7, 11) is -6.89. The molecule has 0 spiro atoms. The Bertz CT molecular complexity index is 701. The van der Waals surface area contributed by atoms with Gasteiger partial charge in [-0.05, 0) is 25.8 Å². The first-order valence-corrected chi connectivity index (χ1v) is 9.96. The Morgan fingerprint density at radius 1 is 1.43 bits per heavy atom. The summed E-state index contributed by atoms with van der Waals surface area (Å²) in [5.41, 5.74) is 0. The summed E-state index contributed by atoms with van der Waals surface area (Å²) in [5, 5.41) is 2.31. The monoisotopic (exact) mass is 333 g/mol. The summed E-state index contributed by atoms with van der Waals surface area (Å²) in [5.74, 6) is 0.605. The molecule has 0 aliphatic carbocycles. The second-order valence-electron chi connectivity index (χ2n) is 4.89. The first-order valence-electron chi connectivity index (χ1n) is 6.76. The van der Waals surface area contributed by atoms with Gasteiger partial charge in [-0.3, -0.25) is 0 Å². The maximum atomic E-state index is 12.2. The summed E-state index contributed by atoms with van der Waals surface area (Å²) >= 11 is 0. The van der Waals surface area contributed by atoms with Crippen molar-refractivity contribution in [1.82, 2.24) is 9.71 Å². The molecule has 1 saturated heterocycles. The number of pyridine rings is 1. The van der Waals surface area contributed by atoms with E-state index in [1.165, 1.54) is 18.3 Å². The van der Waals surface area contributed by atoms with Gasteiger partial charge in [0, 0.05) is 25.4 Å². The Hall–Kier alpha value is -1.19. The van der Waals surface area contributed by atoms with E-state index in [9.17, 15) is 16.8 Å². The standard InChI is InChI=1S/C12H19N3O4S2/c1-2-13-12-8-10(5-6-14-12)21(18,19)15-9-11-4-3-7-20(11,16)17/h5-6,8,11,15H,2-4,7,9H2,1H3,(H,13,14). The molecule has 1 aliphatic heterocycles. The average Bonchev–Trinajstić information content (AvgIpc) is 2.76. The van der Waals surface area contributed by atoms with Crippen molar-refractivity contribution in [2.45, 2.75) is 29.9 Å². The zero-order valence-corrected chi connectivity index (χ0v) is 13.4. The lowest BCUT2D eigenvalue weighted by Gasteiger charge is -2.12. The molecule has 1 fully saturated rings. The Morgan fingerprint density at radius 3 is 2.81 bits per heavy atom. The van der Waals surface area contributed by atoms with E-state index in [2.05, 4.69) is 15.0 Å². The van der Waals surface area contributed by atoms with Crippen molar-refractivity contribution in [3.8, 4) is 0 Å². The quantitative estimate of drug-likeness (QED) is 0.779. The van der Waals surface area contributed by atoms with Crippen molar-refractivity contribution in [1.29, 1.82) is 0 Å². The molecule has 0 aromatic carbocycles. The van der Waals surface area contributed by atoms with Gasteiger partial charge in [0.25, 0.3) is 0 Å². The van der Waals surface area contributed by atoms with Crippen molar-refractivity contribution < 1.29 is 16.8 Å². The zero-order chi connectivity index (χ0) is 15.5. The molecule has 2 N–H and O–H groups in total. The average molecular weight is 333 g/mol. The highest BCUT2D eigenvalue weighted by Crippen LogP contribution is 2.20. The highest BCUT2D eigenvalue weighted by atomic mass is 32.2. The van der Waals surface area contributed by atoms with E-state index in [0.29, 0.717) is 25.2 Å². The van der Waals surface area contributed by atoms with Crippen LogP contribution in [0.25, 0.3) is 0 Å². The van der Waals surface area contributed by atoms with Gasteiger partial charge in [-0.15, -0.1) is 0 Å². The molecule has 1 atom stereocenters. The third-order valence-corrected chi connectivity index (χ3v) is 7.06. The molecule has 9 heteroatoms. The van der Waals surface area contributed by atoms with Crippen LogP contribution in [-0.2, 0) is 19.9 Å². The molecule has 7 nitrogen and oxygen atoms in total. The van der Waals surface area contributed by atoms with Crippen LogP contribution in [0.5, 0.6) is 0 Å². The van der Waals surface area contributed by atoms with E-state index in [0.717, 1.165) is 0 Å². The van der Waals surface area contributed by atoms with Crippen LogP contribution in [0.4, 0.5) is 5.82 Å². The van der Waals surface area contributed by atoms with Gasteiger partial charge in [0.15, 0.2) is 9.84 Å². The summed E-state index contributed by atoms with van der Waals surface area (Å²) in [6.45, 7) is 2.43. The Kier molecular flexibility index (Phi) is 4.84. The number of nitrogens with one attached hydrogen (secondary N) is 2. The third-order valence-electron chi connectivity index (χ3n) is 3.36. The summed E-state index contributed by atoms with van der Waals surface area (Å²) in [4.78, 5) is 4.08. The van der Waals surface area contributed by atoms with E-state index < -0.39 is 25.1 Å². The highest BCUT2D eigenvalue weighted by Gasteiger charge is 2.32. The van der Waals surface area contributed by atoms with E-state index >= 15 is 0 Å². The smallest absolute Gasteiger partial charge is 0.240 e. The van der Waals surface area contributed by atoms with Crippen LogP contribution in [0.3, 0.4) is 0 Å². The molecular formula is C12H19N3O4S2. The zero-order valence-electron chi connectivity index (χ0n) is 11.7. The molecular weight excluding hydrogens is 314 g/mol. The third kappa shape index (κ3) is 3.92. The molecule has 0 radical (unpaired) electrons. The molecule has 118 valence electrons. The van der Waals surface area contributed by atoms with Gasteiger partial charge in [0.1, 0.15) is 5.82 Å². The van der Waals surface area contributed by atoms with E-state index in [1.54, 1.807) is 0 Å². The lowest BCUT2D eigenvalue weighted by molar-refractivity contribution is 0.571. The van der Waals surface area contributed by atoms with Crippen LogP contribution in [0, 0.1) is 0 Å². The molecule has 0 amide bonds. The minimum absolute atomic E-state index is 0.0730. The van der Waals surface area contributed by atoms with Gasteiger partial charge < -0.3 is 5.32 Å². The number of hydrogen-bond donors (Lipinski definition) is 2. The fraction of sp³-hybridized carbons (Fsp3) is 0.583. The van der Waals surface area contributed by atoms with Gasteiger partial charge >= 0.3 is 0 Å². The molecule has 0 bridgehead atoms. The van der Waals surface area contributed by atoms with Gasteiger partial charge in [-0.2, -0.15) is 0 Å². The molecule has 2 rings (SSSR count). The number of hydrogen-bond acceptors (Lipinski definition) is 6. The van der Waals surface area contributed by atoms with Crippen molar-refractivity contribution in [2.75, 3.05) is 24.2 Å². The molecule has 1 aromatic heterocycles. The minimum Gasteiger partial charge on any atom is -0.370 e. The van der Waals surface area contributed by atoms with E-state index in [4.69, 9.17) is 0 Å². The molecule has 21 heavy (non-hydrogen) atoms. The van der Waals surface area contributed by atoms with Crippen LogP contribution < -0.4 is 10.0 Å². The first kappa shape index (κ1) is 16.2. The van der Waals surface area contributed by atoms with Crippen molar-refractivity contribution in [3.63, 3.8) is 0 Å². The SMILES string of the molecule is CCNc1cc(S(=O)(=O)NCC2CCCS2(=O)=O)ccn1. The summed E-state index contributed by atoms with van der Waals surface area (Å²) in [6, 6.07) is 2.81. The Balaban J connectivity index is 2.10. The second-order valence-corrected chi connectivity index (χ2v) is 9.06. The molecule has 1 aromatic rings. The minimum atomic E-state index is -3.73. The highest BCUT2D eigenvalue weighted by molar-refractivity contribution is 7.92. The van der Waals surface area contributed by atoms with Gasteiger partial charge in [-0.25, -0.2) is 26.5 Å². The van der Waals surface area contributed by atoms with E-state index in [1.807, 2.05) is 6.92 Å². The summed E-state index contributed by atoms with van der Waals surface area (Å²) in [6.07, 6.45) is 2.50. The van der Waals surface area contributed by atoms with Crippen LogP contribution in [0.1, 0.15) is 19.8 Å². The number of nitrogens with zero attached hydrogens (tertiary/aromatic N) is 1. The first-order chi connectivity index (χ1) is 9.85. The van der Waals surface area contributed by atoms with Gasteiger partial charge in [0.2, 0.25) is 10.0 Å². The summed E-state index contributed by atoms with van der Waals surface area (Å²) < 4.78 is 50.2. The predicted molar refractivity (Wildman–Crippen MR) is 80.4 cm³/mol. The van der Waals surface area contributed by atoms with Crippen LogP contribution in [-0.4, -0.2) is 45.9 Å². The molecule has 2 heterocycles. The number of aromatic nitrogens is 1. The maximum Gasteiger partial charge on any atom is 0.240 e. The largest absolute Gasteiger partial charge is 0.370 e. The molecule has 1 unspecified atom stereocenters.